The van der Waals surface area contributed by atoms with Crippen molar-refractivity contribution in [1.29, 1.82) is 0 Å². The normalized spacial score (nSPS) is 16.9. The van der Waals surface area contributed by atoms with Gasteiger partial charge in [0.2, 0.25) is 5.43 Å². The van der Waals surface area contributed by atoms with Gasteiger partial charge in [-0.2, -0.15) is 0 Å². The number of aromatic nitrogens is 1. The van der Waals surface area contributed by atoms with Crippen molar-refractivity contribution < 1.29 is 4.79 Å². The third-order valence-corrected chi connectivity index (χ3v) is 6.23. The Bertz CT molecular complexity index is 1090. The number of hydrogen-bond acceptors (Lipinski definition) is 3. The van der Waals surface area contributed by atoms with E-state index in [-0.39, 0.29) is 16.9 Å². The van der Waals surface area contributed by atoms with Crippen LogP contribution in [0.4, 0.5) is 0 Å². The summed E-state index contributed by atoms with van der Waals surface area (Å²) < 4.78 is 1.87. The highest BCUT2D eigenvalue weighted by atomic mass is 16.2. The molecule has 0 unspecified atom stereocenters. The second kappa shape index (κ2) is 8.84. The van der Waals surface area contributed by atoms with Crippen LogP contribution in [-0.2, 0) is 13.5 Å². The van der Waals surface area contributed by atoms with E-state index in [1.165, 1.54) is 5.56 Å². The summed E-state index contributed by atoms with van der Waals surface area (Å²) in [7, 11) is 4.02. The molecule has 0 N–H and O–H groups in total. The fourth-order valence-corrected chi connectivity index (χ4v) is 4.39. The molecule has 1 saturated heterocycles. The lowest BCUT2D eigenvalue weighted by molar-refractivity contribution is 0.0610. The molecule has 1 aromatic heterocycles. The quantitative estimate of drug-likeness (QED) is 0.657. The molecule has 2 heterocycles. The Labute approximate surface area is 177 Å². The van der Waals surface area contributed by atoms with Crippen LogP contribution in [0.15, 0.2) is 65.6 Å². The van der Waals surface area contributed by atoms with Crippen LogP contribution in [-0.4, -0.2) is 53.0 Å². The van der Waals surface area contributed by atoms with E-state index in [9.17, 15) is 9.59 Å². The first-order valence-electron chi connectivity index (χ1n) is 10.7. The van der Waals surface area contributed by atoms with Gasteiger partial charge in [0, 0.05) is 44.3 Å². The molecular weight excluding hydrogens is 374 g/mol. The first-order valence-corrected chi connectivity index (χ1v) is 10.7. The molecule has 1 aliphatic rings. The van der Waals surface area contributed by atoms with E-state index >= 15 is 0 Å². The predicted molar refractivity (Wildman–Crippen MR) is 121 cm³/mol. The molecule has 30 heavy (non-hydrogen) atoms. The molecule has 156 valence electrons. The average Bonchev–Trinajstić information content (AvgIpc) is 2.80. The number of aryl methyl sites for hydroxylation is 1. The number of carbonyl (C=O) groups is 1. The lowest BCUT2D eigenvalue weighted by atomic mass is 10.0. The number of amides is 1. The molecule has 5 nitrogen and oxygen atoms in total. The summed E-state index contributed by atoms with van der Waals surface area (Å²) in [5, 5.41) is 0.597. The Balaban J connectivity index is 1.48. The van der Waals surface area contributed by atoms with Crippen LogP contribution < -0.4 is 5.43 Å². The Morgan fingerprint density at radius 1 is 1.10 bits per heavy atom. The van der Waals surface area contributed by atoms with Gasteiger partial charge in [0.1, 0.15) is 5.56 Å². The summed E-state index contributed by atoms with van der Waals surface area (Å²) in [6, 6.07) is 18.3. The summed E-state index contributed by atoms with van der Waals surface area (Å²) in [5.41, 5.74) is 2.26. The van der Waals surface area contributed by atoms with Gasteiger partial charge in [-0.25, -0.2) is 0 Å². The summed E-state index contributed by atoms with van der Waals surface area (Å²) in [5.74, 6) is -0.150. The van der Waals surface area contributed by atoms with Crippen LogP contribution in [0.5, 0.6) is 0 Å². The maximum absolute atomic E-state index is 13.3. The fraction of sp³-hybridized carbons (Fsp3) is 0.360. The Kier molecular flexibility index (Phi) is 6.00. The third kappa shape index (κ3) is 4.17. The highest BCUT2D eigenvalue weighted by Crippen LogP contribution is 2.18. The van der Waals surface area contributed by atoms with Gasteiger partial charge in [-0.15, -0.1) is 0 Å². The van der Waals surface area contributed by atoms with Crippen molar-refractivity contribution in [2.75, 3.05) is 26.7 Å². The van der Waals surface area contributed by atoms with Gasteiger partial charge >= 0.3 is 0 Å². The molecule has 1 aliphatic heterocycles. The lowest BCUT2D eigenvalue weighted by Crippen LogP contribution is -2.49. The van der Waals surface area contributed by atoms with Crippen LogP contribution in [0.25, 0.3) is 10.9 Å². The van der Waals surface area contributed by atoms with Crippen molar-refractivity contribution in [2.24, 2.45) is 7.05 Å². The molecule has 2 aromatic carbocycles. The zero-order chi connectivity index (χ0) is 21.1. The van der Waals surface area contributed by atoms with E-state index in [1.807, 2.05) is 40.8 Å². The molecule has 0 bridgehead atoms. The number of pyridine rings is 1. The zero-order valence-corrected chi connectivity index (χ0v) is 17.8. The number of hydrogen-bond donors (Lipinski definition) is 0. The first kappa shape index (κ1) is 20.4. The monoisotopic (exact) mass is 403 g/mol. The van der Waals surface area contributed by atoms with Crippen LogP contribution in [0, 0.1) is 0 Å². The summed E-state index contributed by atoms with van der Waals surface area (Å²) >= 11 is 0. The van der Waals surface area contributed by atoms with Crippen molar-refractivity contribution in [3.63, 3.8) is 0 Å². The highest BCUT2D eigenvalue weighted by Gasteiger charge is 2.28. The van der Waals surface area contributed by atoms with Gasteiger partial charge in [0.05, 0.1) is 5.52 Å². The minimum Gasteiger partial charge on any atom is -0.350 e. The molecule has 4 rings (SSSR count). The molecule has 5 heteroatoms. The van der Waals surface area contributed by atoms with E-state index in [4.69, 9.17) is 0 Å². The predicted octanol–water partition coefficient (Wildman–Crippen LogP) is 3.32. The summed E-state index contributed by atoms with van der Waals surface area (Å²) in [6.45, 7) is 2.33. The minimum atomic E-state index is -0.173. The molecule has 0 saturated carbocycles. The number of carbonyl (C=O) groups excluding carboxylic acids is 1. The van der Waals surface area contributed by atoms with Gasteiger partial charge < -0.3 is 14.4 Å². The number of piperidine rings is 1. The smallest absolute Gasteiger partial charge is 0.259 e. The maximum Gasteiger partial charge on any atom is 0.259 e. The second-order valence-corrected chi connectivity index (χ2v) is 8.26. The molecule has 0 spiro atoms. The van der Waals surface area contributed by atoms with Gasteiger partial charge in [-0.3, -0.25) is 9.59 Å². The average molecular weight is 404 g/mol. The molecule has 1 amide bonds. The Hall–Kier alpha value is -2.92. The zero-order valence-electron chi connectivity index (χ0n) is 17.8. The van der Waals surface area contributed by atoms with E-state index < -0.39 is 0 Å². The topological polar surface area (TPSA) is 45.5 Å². The molecule has 3 aromatic rings. The molecular formula is C25H29N3O2. The Morgan fingerprint density at radius 2 is 1.83 bits per heavy atom. The number of rotatable bonds is 5. The van der Waals surface area contributed by atoms with Crippen LogP contribution in [0.3, 0.4) is 0 Å². The number of para-hydroxylation sites is 1. The highest BCUT2D eigenvalue weighted by molar-refractivity contribution is 5.97. The number of benzene rings is 2. The van der Waals surface area contributed by atoms with Crippen molar-refractivity contribution in [2.45, 2.75) is 25.3 Å². The summed E-state index contributed by atoms with van der Waals surface area (Å²) in [6.07, 6.45) is 4.72. The number of likely N-dealkylation sites (N-methyl/N-ethyl adjacent to an activating group) is 1. The SMILES string of the molecule is CN(CCc1ccccc1)[C@H]1CCCN(C(=O)c2cn(C)c3ccccc3c2=O)C1. The van der Waals surface area contributed by atoms with E-state index in [1.54, 1.807) is 12.3 Å². The Morgan fingerprint density at radius 3 is 2.63 bits per heavy atom. The lowest BCUT2D eigenvalue weighted by Gasteiger charge is -2.37. The minimum absolute atomic E-state index is 0.150. The largest absolute Gasteiger partial charge is 0.350 e. The van der Waals surface area contributed by atoms with Crippen LogP contribution >= 0.6 is 0 Å². The van der Waals surface area contributed by atoms with E-state index in [0.29, 0.717) is 24.5 Å². The number of fused-ring (bicyclic) bond motifs is 1. The molecule has 1 atom stereocenters. The van der Waals surface area contributed by atoms with Crippen LogP contribution in [0.2, 0.25) is 0 Å². The van der Waals surface area contributed by atoms with Gasteiger partial charge in [-0.05, 0) is 44.0 Å². The number of likely N-dealkylation sites (tertiary alicyclic amines) is 1. The van der Waals surface area contributed by atoms with Gasteiger partial charge in [0.15, 0.2) is 0 Å². The molecule has 0 aliphatic carbocycles. The molecule has 0 radical (unpaired) electrons. The van der Waals surface area contributed by atoms with Gasteiger partial charge in [-0.1, -0.05) is 42.5 Å². The van der Waals surface area contributed by atoms with Crippen molar-refractivity contribution in [1.82, 2.24) is 14.4 Å². The van der Waals surface area contributed by atoms with Crippen LogP contribution in [0.1, 0.15) is 28.8 Å². The standard InChI is InChI=1S/C25H29N3O2/c1-26(16-14-19-9-4-3-5-10-19)20-11-8-15-28(17-20)25(30)22-18-27(2)23-13-7-6-12-21(23)24(22)29/h3-7,9-10,12-13,18,20H,8,11,14-17H2,1-2H3/t20-/m0/s1. The summed E-state index contributed by atoms with van der Waals surface area (Å²) in [4.78, 5) is 30.4. The van der Waals surface area contributed by atoms with Crippen molar-refractivity contribution >= 4 is 16.8 Å². The third-order valence-electron chi connectivity index (χ3n) is 6.23. The van der Waals surface area contributed by atoms with E-state index in [0.717, 1.165) is 31.3 Å². The second-order valence-electron chi connectivity index (χ2n) is 8.26. The fourth-order valence-electron chi connectivity index (χ4n) is 4.39. The van der Waals surface area contributed by atoms with Crippen molar-refractivity contribution in [3.8, 4) is 0 Å². The van der Waals surface area contributed by atoms with E-state index in [2.05, 4.69) is 36.2 Å². The van der Waals surface area contributed by atoms with Gasteiger partial charge in [0.25, 0.3) is 5.91 Å². The maximum atomic E-state index is 13.3. The number of nitrogens with zero attached hydrogens (tertiary/aromatic N) is 3. The first-order chi connectivity index (χ1) is 14.5. The molecule has 1 fully saturated rings. The van der Waals surface area contributed by atoms with Crippen molar-refractivity contribution in [3.05, 3.63) is 82.1 Å².